The van der Waals surface area contributed by atoms with Gasteiger partial charge < -0.3 is 18.5 Å². The number of furan rings is 2. The van der Waals surface area contributed by atoms with Gasteiger partial charge in [-0.3, -0.25) is 24.1 Å². The second-order valence-corrected chi connectivity index (χ2v) is 11.5. The second kappa shape index (κ2) is 25.5. The van der Waals surface area contributed by atoms with Crippen molar-refractivity contribution in [3.05, 3.63) is 119 Å². The Balaban J connectivity index is 0.000000339. The van der Waals surface area contributed by atoms with E-state index in [-0.39, 0.29) is 23.1 Å². The molecule has 1 aliphatic rings. The van der Waals surface area contributed by atoms with Gasteiger partial charge in [-0.2, -0.15) is 0 Å². The van der Waals surface area contributed by atoms with Gasteiger partial charge in [0.2, 0.25) is 0 Å². The number of methoxy groups -OCH3 is 1. The van der Waals surface area contributed by atoms with E-state index in [2.05, 4.69) is 33.7 Å². The van der Waals surface area contributed by atoms with Crippen LogP contribution in [0.5, 0.6) is 0 Å². The number of Topliss-reactive ketones (excluding diaryl/α,β-unsaturated/α-hetero) is 4. The van der Waals surface area contributed by atoms with E-state index >= 15 is 0 Å². The molecule has 0 saturated carbocycles. The van der Waals surface area contributed by atoms with Crippen molar-refractivity contribution in [3.8, 4) is 0 Å². The molecule has 9 heteroatoms. The molecule has 2 aromatic carbocycles. The number of likely N-dealkylation sites (N-methyl/N-ethyl adjacent to an activating group) is 1. The third-order valence-corrected chi connectivity index (χ3v) is 7.47. The highest BCUT2D eigenvalue weighted by molar-refractivity contribution is 5.96. The fourth-order valence-electron chi connectivity index (χ4n) is 4.46. The normalized spacial score (nSPS) is 12.3. The summed E-state index contributed by atoms with van der Waals surface area (Å²) in [5.74, 6) is 2.27. The number of nitrogens with zero attached hydrogens (tertiary/aromatic N) is 2. The number of carbonyl (C=O) groups is 4. The van der Waals surface area contributed by atoms with Crippen LogP contribution in [-0.2, 0) is 11.3 Å². The van der Waals surface area contributed by atoms with Crippen LogP contribution < -0.4 is 0 Å². The first-order valence-corrected chi connectivity index (χ1v) is 17.2. The molecule has 4 aromatic rings. The minimum absolute atomic E-state index is 0.0556. The number of hydrogen-bond acceptors (Lipinski definition) is 9. The summed E-state index contributed by atoms with van der Waals surface area (Å²) in [5, 5.41) is 0. The van der Waals surface area contributed by atoms with E-state index < -0.39 is 0 Å². The topological polar surface area (TPSA) is 110 Å². The quantitative estimate of drug-likeness (QED) is 0.151. The Morgan fingerprint density at radius 3 is 1.56 bits per heavy atom. The second-order valence-electron chi connectivity index (χ2n) is 11.5. The van der Waals surface area contributed by atoms with Gasteiger partial charge in [0.05, 0.1) is 6.26 Å². The summed E-state index contributed by atoms with van der Waals surface area (Å²) < 4.78 is 14.2. The molecule has 0 N–H and O–H groups in total. The fraction of sp³-hybridized carbons (Fsp3) is 0.415. The molecule has 0 amide bonds. The maximum Gasteiger partial charge on any atom is 0.197 e. The Kier molecular flexibility index (Phi) is 22.2. The molecule has 5 rings (SSSR count). The zero-order valence-corrected chi connectivity index (χ0v) is 31.2. The SMILES string of the molecule is CCC(=O)c1ccc(C)o1.CCC(=O)c1ccc(CN2CCN(C)CC2)cc1.CCC(=O)c1ccccc1.CCC(=O)c1ccco1.COC. The summed E-state index contributed by atoms with van der Waals surface area (Å²) in [6.45, 7) is 14.8. The number of aryl methyl sites for hydroxylation is 1. The van der Waals surface area contributed by atoms with E-state index in [0.717, 1.165) is 49.6 Å². The molecule has 0 spiro atoms. The Morgan fingerprint density at radius 1 is 0.620 bits per heavy atom. The van der Waals surface area contributed by atoms with Gasteiger partial charge in [0.1, 0.15) is 5.76 Å². The molecular formula is C41H56N2O7. The van der Waals surface area contributed by atoms with Gasteiger partial charge in [0.15, 0.2) is 34.7 Å². The van der Waals surface area contributed by atoms with Crippen molar-refractivity contribution in [3.63, 3.8) is 0 Å². The van der Waals surface area contributed by atoms with Crippen LogP contribution >= 0.6 is 0 Å². The highest BCUT2D eigenvalue weighted by Crippen LogP contribution is 2.11. The van der Waals surface area contributed by atoms with Crippen molar-refractivity contribution in [2.75, 3.05) is 47.4 Å². The smallest absolute Gasteiger partial charge is 0.197 e. The Morgan fingerprint density at radius 2 is 1.12 bits per heavy atom. The number of carbonyl (C=O) groups excluding carboxylic acids is 4. The maximum absolute atomic E-state index is 11.5. The third-order valence-electron chi connectivity index (χ3n) is 7.47. The van der Waals surface area contributed by atoms with Crippen LogP contribution in [0.1, 0.15) is 107 Å². The van der Waals surface area contributed by atoms with E-state index in [1.54, 1.807) is 38.5 Å². The minimum Gasteiger partial charge on any atom is -0.461 e. The zero-order chi connectivity index (χ0) is 37.3. The van der Waals surface area contributed by atoms with Crippen LogP contribution in [0.2, 0.25) is 0 Å². The highest BCUT2D eigenvalue weighted by atomic mass is 16.4. The van der Waals surface area contributed by atoms with Crippen molar-refractivity contribution in [1.82, 2.24) is 9.80 Å². The van der Waals surface area contributed by atoms with Gasteiger partial charge in [-0.1, -0.05) is 82.3 Å². The number of ketones is 4. The molecule has 1 saturated heterocycles. The van der Waals surface area contributed by atoms with Crippen LogP contribution in [0.25, 0.3) is 0 Å². The van der Waals surface area contributed by atoms with Gasteiger partial charge in [-0.15, -0.1) is 0 Å². The van der Waals surface area contributed by atoms with E-state index in [1.165, 1.54) is 11.8 Å². The molecule has 3 heterocycles. The van der Waals surface area contributed by atoms with Gasteiger partial charge in [-0.05, 0) is 43.8 Å². The summed E-state index contributed by atoms with van der Waals surface area (Å²) >= 11 is 0. The molecule has 2 aromatic heterocycles. The van der Waals surface area contributed by atoms with Crippen LogP contribution in [0.15, 0.2) is 94.0 Å². The molecule has 0 bridgehead atoms. The van der Waals surface area contributed by atoms with Crippen LogP contribution in [0, 0.1) is 6.92 Å². The first-order chi connectivity index (χ1) is 24.0. The number of piperazine rings is 1. The number of hydrogen-bond donors (Lipinski definition) is 0. The summed E-state index contributed by atoms with van der Waals surface area (Å²) in [5.41, 5.74) is 2.94. The molecule has 1 aliphatic heterocycles. The van der Waals surface area contributed by atoms with E-state index in [9.17, 15) is 19.2 Å². The highest BCUT2D eigenvalue weighted by Gasteiger charge is 2.14. The number of benzene rings is 2. The Hall–Kier alpha value is -4.44. The van der Waals surface area contributed by atoms with Crippen LogP contribution in [0.3, 0.4) is 0 Å². The average molecular weight is 689 g/mol. The van der Waals surface area contributed by atoms with Gasteiger partial charge >= 0.3 is 0 Å². The predicted molar refractivity (Wildman–Crippen MR) is 199 cm³/mol. The predicted octanol–water partition coefficient (Wildman–Crippen LogP) is 8.62. The maximum atomic E-state index is 11.5. The van der Waals surface area contributed by atoms with Crippen molar-refractivity contribution in [2.45, 2.75) is 66.8 Å². The van der Waals surface area contributed by atoms with E-state index in [1.807, 2.05) is 77.1 Å². The molecule has 0 radical (unpaired) electrons. The zero-order valence-electron chi connectivity index (χ0n) is 31.2. The lowest BCUT2D eigenvalue weighted by atomic mass is 10.1. The van der Waals surface area contributed by atoms with E-state index in [0.29, 0.717) is 37.2 Å². The summed E-state index contributed by atoms with van der Waals surface area (Å²) in [6.07, 6.45) is 3.69. The molecule has 9 nitrogen and oxygen atoms in total. The third kappa shape index (κ3) is 17.3. The number of rotatable bonds is 10. The largest absolute Gasteiger partial charge is 0.461 e. The lowest BCUT2D eigenvalue weighted by molar-refractivity contribution is 0.0953. The standard InChI is InChI=1S/C15H22N2O.C9H10O.C8H10O2.C7H8O2.C2H6O/c1-3-15(18)14-6-4-13(5-7-14)12-17-10-8-16(2)9-11-17;1-2-9(10)8-6-4-3-5-7-8;1-3-7(9)8-5-4-6(2)10-8;1-2-6(8)7-4-3-5-9-7;1-3-2/h4-7H,3,8-12H2,1-2H3;3-7H,2H2,1H3;4-5H,3H2,1-2H3;3-5H,2H2,1H3;1-2H3. The molecule has 0 aliphatic carbocycles. The van der Waals surface area contributed by atoms with Crippen LogP contribution in [-0.4, -0.2) is 80.4 Å². The van der Waals surface area contributed by atoms with Gasteiger partial charge in [0, 0.05) is 83.8 Å². The first kappa shape index (κ1) is 43.6. The van der Waals surface area contributed by atoms with Gasteiger partial charge in [-0.25, -0.2) is 0 Å². The monoisotopic (exact) mass is 688 g/mol. The van der Waals surface area contributed by atoms with Crippen molar-refractivity contribution >= 4 is 23.1 Å². The minimum atomic E-state index is 0.0556. The van der Waals surface area contributed by atoms with Crippen molar-refractivity contribution in [1.29, 1.82) is 0 Å². The van der Waals surface area contributed by atoms with Crippen molar-refractivity contribution < 1.29 is 32.7 Å². The summed E-state index contributed by atoms with van der Waals surface area (Å²) in [7, 11) is 5.42. The first-order valence-electron chi connectivity index (χ1n) is 17.2. The lowest BCUT2D eigenvalue weighted by Gasteiger charge is -2.32. The molecule has 272 valence electrons. The van der Waals surface area contributed by atoms with Crippen molar-refractivity contribution in [2.24, 2.45) is 0 Å². The fourth-order valence-corrected chi connectivity index (χ4v) is 4.46. The molecule has 0 unspecified atom stereocenters. The summed E-state index contributed by atoms with van der Waals surface area (Å²) in [4.78, 5) is 49.1. The summed E-state index contributed by atoms with van der Waals surface area (Å²) in [6, 6.07) is 24.3. The molecule has 0 atom stereocenters. The molecular weight excluding hydrogens is 632 g/mol. The average Bonchev–Trinajstić information content (AvgIpc) is 3.86. The van der Waals surface area contributed by atoms with Crippen LogP contribution in [0.4, 0.5) is 0 Å². The number of ether oxygens (including phenoxy) is 1. The van der Waals surface area contributed by atoms with Gasteiger partial charge in [0.25, 0.3) is 0 Å². The Labute approximate surface area is 298 Å². The molecule has 1 fully saturated rings. The van der Waals surface area contributed by atoms with E-state index in [4.69, 9.17) is 8.83 Å². The lowest BCUT2D eigenvalue weighted by Crippen LogP contribution is -2.43. The Bertz CT molecular complexity index is 1500. The molecule has 50 heavy (non-hydrogen) atoms.